The second-order valence-corrected chi connectivity index (χ2v) is 4.97. The summed E-state index contributed by atoms with van der Waals surface area (Å²) >= 11 is 12.0. The van der Waals surface area contributed by atoms with Gasteiger partial charge in [-0.3, -0.25) is 9.97 Å². The van der Waals surface area contributed by atoms with Gasteiger partial charge in [0.25, 0.3) is 0 Å². The molecule has 94 valence electrons. The Morgan fingerprint density at radius 3 is 2.61 bits per heavy atom. The molecule has 0 amide bonds. The van der Waals surface area contributed by atoms with Crippen molar-refractivity contribution in [2.45, 2.75) is 19.4 Å². The fourth-order valence-electron chi connectivity index (χ4n) is 1.62. The highest BCUT2D eigenvalue weighted by Gasteiger charge is 2.11. The second-order valence-electron chi connectivity index (χ2n) is 4.13. The number of halogens is 2. The van der Waals surface area contributed by atoms with Crippen LogP contribution < -0.4 is 5.73 Å². The molecule has 0 aliphatic rings. The van der Waals surface area contributed by atoms with Crippen LogP contribution >= 0.6 is 23.2 Å². The summed E-state index contributed by atoms with van der Waals surface area (Å²) in [5, 5.41) is 1.24. The molecule has 1 atom stereocenters. The van der Waals surface area contributed by atoms with Crippen molar-refractivity contribution in [3.63, 3.8) is 0 Å². The van der Waals surface area contributed by atoms with Crippen LogP contribution in [0.25, 0.3) is 0 Å². The van der Waals surface area contributed by atoms with Gasteiger partial charge in [-0.2, -0.15) is 0 Å². The maximum atomic E-state index is 6.11. The smallest absolute Gasteiger partial charge is 0.0757 e. The van der Waals surface area contributed by atoms with E-state index in [1.165, 1.54) is 0 Å². The molecule has 0 saturated carbocycles. The molecule has 0 bridgehead atoms. The summed E-state index contributed by atoms with van der Waals surface area (Å²) in [7, 11) is 0. The van der Waals surface area contributed by atoms with Crippen molar-refractivity contribution in [1.29, 1.82) is 0 Å². The molecule has 0 saturated heterocycles. The summed E-state index contributed by atoms with van der Waals surface area (Å²) in [4.78, 5) is 8.45. The van der Waals surface area contributed by atoms with Gasteiger partial charge in [-0.15, -0.1) is 0 Å². The Morgan fingerprint density at radius 2 is 2.00 bits per heavy atom. The van der Waals surface area contributed by atoms with E-state index >= 15 is 0 Å². The Labute approximate surface area is 116 Å². The fraction of sp³-hybridized carbons (Fsp3) is 0.231. The van der Waals surface area contributed by atoms with E-state index in [0.717, 1.165) is 17.0 Å². The van der Waals surface area contributed by atoms with Crippen molar-refractivity contribution in [2.24, 2.45) is 5.73 Å². The molecule has 0 fully saturated rings. The predicted molar refractivity (Wildman–Crippen MR) is 73.9 cm³/mol. The highest BCUT2D eigenvalue weighted by molar-refractivity contribution is 6.35. The van der Waals surface area contributed by atoms with E-state index in [9.17, 15) is 0 Å². The van der Waals surface area contributed by atoms with E-state index in [0.29, 0.717) is 16.5 Å². The molecule has 3 nitrogen and oxygen atoms in total. The van der Waals surface area contributed by atoms with E-state index in [2.05, 4.69) is 9.97 Å². The molecule has 18 heavy (non-hydrogen) atoms. The Balaban J connectivity index is 2.15. The third kappa shape index (κ3) is 3.19. The monoisotopic (exact) mass is 281 g/mol. The van der Waals surface area contributed by atoms with Crippen molar-refractivity contribution in [1.82, 2.24) is 9.97 Å². The highest BCUT2D eigenvalue weighted by Crippen LogP contribution is 2.24. The number of hydrogen-bond donors (Lipinski definition) is 1. The summed E-state index contributed by atoms with van der Waals surface area (Å²) in [6.45, 7) is 1.89. The average Bonchev–Trinajstić information content (AvgIpc) is 2.33. The Bertz CT molecular complexity index is 540. The van der Waals surface area contributed by atoms with E-state index in [4.69, 9.17) is 28.9 Å². The van der Waals surface area contributed by atoms with Gasteiger partial charge in [0.2, 0.25) is 0 Å². The zero-order valence-corrected chi connectivity index (χ0v) is 11.4. The number of aryl methyl sites for hydroxylation is 1. The van der Waals surface area contributed by atoms with Crippen LogP contribution in [0.3, 0.4) is 0 Å². The second kappa shape index (κ2) is 5.65. The topological polar surface area (TPSA) is 51.8 Å². The Hall–Kier alpha value is -1.16. The van der Waals surface area contributed by atoms with Crippen LogP contribution in [-0.2, 0) is 6.42 Å². The number of hydrogen-bond acceptors (Lipinski definition) is 3. The maximum Gasteiger partial charge on any atom is 0.0757 e. The van der Waals surface area contributed by atoms with Gasteiger partial charge in [-0.05, 0) is 31.0 Å². The first-order chi connectivity index (χ1) is 8.56. The zero-order valence-electron chi connectivity index (χ0n) is 9.90. The van der Waals surface area contributed by atoms with Gasteiger partial charge in [-0.1, -0.05) is 29.3 Å². The van der Waals surface area contributed by atoms with Crippen molar-refractivity contribution in [3.05, 3.63) is 57.6 Å². The van der Waals surface area contributed by atoms with E-state index in [-0.39, 0.29) is 6.04 Å². The summed E-state index contributed by atoms with van der Waals surface area (Å²) in [6, 6.07) is 5.17. The normalized spacial score (nSPS) is 12.4. The minimum Gasteiger partial charge on any atom is -0.322 e. The molecule has 1 unspecified atom stereocenters. The molecule has 0 aliphatic heterocycles. The third-order valence-corrected chi connectivity index (χ3v) is 3.22. The fourth-order valence-corrected chi connectivity index (χ4v) is 2.11. The first kappa shape index (κ1) is 13.3. The standard InChI is InChI=1S/C13H13Cl2N3/c1-8-6-18-13(7-17-8)12(16)4-9-2-3-10(14)5-11(9)15/h2-3,5-7,12H,4,16H2,1H3. The Morgan fingerprint density at radius 1 is 1.22 bits per heavy atom. The van der Waals surface area contributed by atoms with Crippen molar-refractivity contribution < 1.29 is 0 Å². The van der Waals surface area contributed by atoms with Crippen LogP contribution in [0.4, 0.5) is 0 Å². The lowest BCUT2D eigenvalue weighted by atomic mass is 10.0. The predicted octanol–water partition coefficient (Wildman–Crippen LogP) is 3.33. The Kier molecular flexibility index (Phi) is 4.17. The summed E-state index contributed by atoms with van der Waals surface area (Å²) in [6.07, 6.45) is 4.01. The van der Waals surface area contributed by atoms with Gasteiger partial charge in [-0.25, -0.2) is 0 Å². The van der Waals surface area contributed by atoms with E-state index < -0.39 is 0 Å². The summed E-state index contributed by atoms with van der Waals surface area (Å²) in [5.41, 5.74) is 8.67. The first-order valence-electron chi connectivity index (χ1n) is 5.54. The van der Waals surface area contributed by atoms with Crippen LogP contribution in [0.2, 0.25) is 10.0 Å². The molecular weight excluding hydrogens is 269 g/mol. The molecule has 0 spiro atoms. The van der Waals surface area contributed by atoms with E-state index in [1.54, 1.807) is 24.5 Å². The zero-order chi connectivity index (χ0) is 13.1. The lowest BCUT2D eigenvalue weighted by molar-refractivity contribution is 0.689. The van der Waals surface area contributed by atoms with Gasteiger partial charge in [0.15, 0.2) is 0 Å². The van der Waals surface area contributed by atoms with Gasteiger partial charge in [0.1, 0.15) is 0 Å². The molecule has 1 aromatic carbocycles. The molecule has 0 aliphatic carbocycles. The maximum absolute atomic E-state index is 6.11. The molecule has 2 rings (SSSR count). The molecule has 2 aromatic rings. The molecule has 0 radical (unpaired) electrons. The van der Waals surface area contributed by atoms with Crippen molar-refractivity contribution >= 4 is 23.2 Å². The van der Waals surface area contributed by atoms with Crippen molar-refractivity contribution in [2.75, 3.05) is 0 Å². The summed E-state index contributed by atoms with van der Waals surface area (Å²) < 4.78 is 0. The number of nitrogens with zero attached hydrogens (tertiary/aromatic N) is 2. The molecule has 5 heteroatoms. The highest BCUT2D eigenvalue weighted by atomic mass is 35.5. The minimum absolute atomic E-state index is 0.225. The van der Waals surface area contributed by atoms with Gasteiger partial charge in [0.05, 0.1) is 23.6 Å². The lowest BCUT2D eigenvalue weighted by Crippen LogP contribution is -2.15. The minimum atomic E-state index is -0.225. The first-order valence-corrected chi connectivity index (χ1v) is 6.30. The van der Waals surface area contributed by atoms with Crippen LogP contribution in [0, 0.1) is 6.92 Å². The summed E-state index contributed by atoms with van der Waals surface area (Å²) in [5.74, 6) is 0. The van der Waals surface area contributed by atoms with Gasteiger partial charge in [0, 0.05) is 16.2 Å². The van der Waals surface area contributed by atoms with Gasteiger partial charge < -0.3 is 5.73 Å². The number of rotatable bonds is 3. The van der Waals surface area contributed by atoms with Crippen LogP contribution in [0.15, 0.2) is 30.6 Å². The molecule has 1 aromatic heterocycles. The lowest BCUT2D eigenvalue weighted by Gasteiger charge is -2.12. The van der Waals surface area contributed by atoms with Crippen LogP contribution in [-0.4, -0.2) is 9.97 Å². The quantitative estimate of drug-likeness (QED) is 0.939. The van der Waals surface area contributed by atoms with Gasteiger partial charge >= 0.3 is 0 Å². The third-order valence-electron chi connectivity index (χ3n) is 2.64. The van der Waals surface area contributed by atoms with Crippen LogP contribution in [0.5, 0.6) is 0 Å². The molecule has 1 heterocycles. The SMILES string of the molecule is Cc1cnc(C(N)Cc2ccc(Cl)cc2Cl)cn1. The number of aromatic nitrogens is 2. The van der Waals surface area contributed by atoms with Crippen molar-refractivity contribution in [3.8, 4) is 0 Å². The number of nitrogens with two attached hydrogens (primary N) is 1. The molecule has 2 N–H and O–H groups in total. The average molecular weight is 282 g/mol. The van der Waals surface area contributed by atoms with Crippen LogP contribution in [0.1, 0.15) is 23.0 Å². The number of benzene rings is 1. The largest absolute Gasteiger partial charge is 0.322 e. The molecular formula is C13H13Cl2N3. The van der Waals surface area contributed by atoms with E-state index in [1.807, 2.05) is 13.0 Å².